The molecule has 0 fully saturated rings. The Bertz CT molecular complexity index is 2070. The molecular weight excluding hydrogens is 502 g/mol. The fraction of sp³-hybridized carbons (Fsp3) is 0.0270. The second-order valence-corrected chi connectivity index (χ2v) is 10.3. The smallest absolute Gasteiger partial charge is 0.169 e. The molecule has 0 bridgehead atoms. The normalized spacial score (nSPS) is 13.8. The summed E-state index contributed by atoms with van der Waals surface area (Å²) in [6, 6.07) is 48.0. The summed E-state index contributed by atoms with van der Waals surface area (Å²) in [5, 5.41) is 8.15. The van der Waals surface area contributed by atoms with E-state index in [2.05, 4.69) is 108 Å². The number of rotatable bonds is 4. The van der Waals surface area contributed by atoms with Crippen molar-refractivity contribution in [3.63, 3.8) is 0 Å². The highest BCUT2D eigenvalue weighted by Crippen LogP contribution is 2.40. The van der Waals surface area contributed by atoms with Crippen molar-refractivity contribution in [3.8, 4) is 11.1 Å². The minimum Gasteiger partial charge on any atom is -0.456 e. The maximum absolute atomic E-state index is 6.34. The number of amidine groups is 2. The molecule has 6 aromatic carbocycles. The number of hydrogen-bond acceptors (Lipinski definition) is 4. The fourth-order valence-electron chi connectivity index (χ4n) is 5.78. The van der Waals surface area contributed by atoms with Crippen molar-refractivity contribution < 1.29 is 4.42 Å². The third kappa shape index (κ3) is 4.09. The largest absolute Gasteiger partial charge is 0.456 e. The fourth-order valence-corrected chi connectivity index (χ4v) is 5.78. The minimum absolute atomic E-state index is 0.386. The number of nitrogens with zero attached hydrogens (tertiary/aromatic N) is 2. The Morgan fingerprint density at radius 1 is 0.512 bits per heavy atom. The van der Waals surface area contributed by atoms with Gasteiger partial charge in [-0.05, 0) is 45.7 Å². The van der Waals surface area contributed by atoms with Crippen molar-refractivity contribution in [1.29, 1.82) is 0 Å². The summed E-state index contributed by atoms with van der Waals surface area (Å²) in [6.45, 7) is 0. The number of nitrogens with one attached hydrogen (secondary N) is 1. The predicted octanol–water partition coefficient (Wildman–Crippen LogP) is 8.90. The van der Waals surface area contributed by atoms with E-state index in [1.54, 1.807) is 0 Å². The van der Waals surface area contributed by atoms with Gasteiger partial charge in [0.2, 0.25) is 0 Å². The zero-order valence-electron chi connectivity index (χ0n) is 22.2. The Balaban J connectivity index is 1.30. The van der Waals surface area contributed by atoms with E-state index in [1.165, 1.54) is 10.8 Å². The molecule has 1 aliphatic rings. The van der Waals surface area contributed by atoms with E-state index >= 15 is 0 Å². The number of hydrogen-bond donors (Lipinski definition) is 1. The predicted molar refractivity (Wildman–Crippen MR) is 168 cm³/mol. The van der Waals surface area contributed by atoms with Gasteiger partial charge in [0.15, 0.2) is 6.17 Å². The van der Waals surface area contributed by atoms with Crippen LogP contribution >= 0.6 is 0 Å². The average molecular weight is 528 g/mol. The Morgan fingerprint density at radius 3 is 1.90 bits per heavy atom. The van der Waals surface area contributed by atoms with E-state index < -0.39 is 0 Å². The van der Waals surface area contributed by atoms with E-state index in [0.717, 1.165) is 61.4 Å². The molecule has 0 saturated carbocycles. The molecule has 194 valence electrons. The minimum atomic E-state index is -0.386. The molecular formula is C37H25N3O. The lowest BCUT2D eigenvalue weighted by molar-refractivity contribution is 0.669. The van der Waals surface area contributed by atoms with Gasteiger partial charge in [0.25, 0.3) is 0 Å². The van der Waals surface area contributed by atoms with Crippen LogP contribution in [0.25, 0.3) is 43.8 Å². The van der Waals surface area contributed by atoms with Crippen LogP contribution in [0.5, 0.6) is 0 Å². The van der Waals surface area contributed by atoms with Gasteiger partial charge >= 0.3 is 0 Å². The van der Waals surface area contributed by atoms with Crippen molar-refractivity contribution in [2.24, 2.45) is 9.98 Å². The molecule has 4 heteroatoms. The maximum atomic E-state index is 6.34. The first kappa shape index (κ1) is 23.4. The molecule has 2 heterocycles. The van der Waals surface area contributed by atoms with E-state index in [1.807, 2.05) is 36.4 Å². The summed E-state index contributed by atoms with van der Waals surface area (Å²) in [4.78, 5) is 10.2. The first-order valence-corrected chi connectivity index (χ1v) is 13.8. The van der Waals surface area contributed by atoms with Gasteiger partial charge in [-0.1, -0.05) is 121 Å². The highest BCUT2D eigenvalue weighted by Gasteiger charge is 2.21. The third-order valence-electron chi connectivity index (χ3n) is 7.72. The summed E-state index contributed by atoms with van der Waals surface area (Å²) in [6.07, 6.45) is -0.386. The first-order valence-electron chi connectivity index (χ1n) is 13.8. The third-order valence-corrected chi connectivity index (χ3v) is 7.72. The zero-order valence-corrected chi connectivity index (χ0v) is 22.2. The molecule has 4 nitrogen and oxygen atoms in total. The Labute approximate surface area is 237 Å². The average Bonchev–Trinajstić information content (AvgIpc) is 3.45. The van der Waals surface area contributed by atoms with Crippen LogP contribution < -0.4 is 5.32 Å². The molecule has 1 N–H and O–H groups in total. The van der Waals surface area contributed by atoms with Gasteiger partial charge in [-0.15, -0.1) is 0 Å². The molecule has 1 aromatic heterocycles. The van der Waals surface area contributed by atoms with Crippen molar-refractivity contribution in [1.82, 2.24) is 5.32 Å². The maximum Gasteiger partial charge on any atom is 0.169 e. The van der Waals surface area contributed by atoms with Gasteiger partial charge in [-0.3, -0.25) is 0 Å². The quantitative estimate of drug-likeness (QED) is 0.248. The van der Waals surface area contributed by atoms with Gasteiger partial charge in [0.05, 0.1) is 0 Å². The molecule has 0 aliphatic carbocycles. The second-order valence-electron chi connectivity index (χ2n) is 10.3. The molecule has 0 radical (unpaired) electrons. The summed E-state index contributed by atoms with van der Waals surface area (Å²) >= 11 is 0. The van der Waals surface area contributed by atoms with E-state index in [0.29, 0.717) is 0 Å². The van der Waals surface area contributed by atoms with Gasteiger partial charge in [-0.2, -0.15) is 0 Å². The summed E-state index contributed by atoms with van der Waals surface area (Å²) in [5.41, 5.74) is 7.10. The lowest BCUT2D eigenvalue weighted by Gasteiger charge is -2.22. The second kappa shape index (κ2) is 9.61. The molecule has 0 unspecified atom stereocenters. The zero-order chi connectivity index (χ0) is 27.2. The van der Waals surface area contributed by atoms with E-state index in [4.69, 9.17) is 14.4 Å². The van der Waals surface area contributed by atoms with Crippen LogP contribution in [0.15, 0.2) is 154 Å². The van der Waals surface area contributed by atoms with Crippen LogP contribution in [0.1, 0.15) is 22.9 Å². The lowest BCUT2D eigenvalue weighted by atomic mass is 9.95. The SMILES string of the molecule is c1ccc(C2=NC(c3cccc(-c4cccc5oc6ccc7ccccc7c6c45)c3)N=C(c3ccccc3)N2)cc1. The monoisotopic (exact) mass is 527 g/mol. The first-order chi connectivity index (χ1) is 20.3. The van der Waals surface area contributed by atoms with Crippen LogP contribution in [-0.2, 0) is 0 Å². The highest BCUT2D eigenvalue weighted by atomic mass is 16.3. The molecule has 8 rings (SSSR count). The Morgan fingerprint density at radius 2 is 1.15 bits per heavy atom. The number of benzene rings is 6. The summed E-state index contributed by atoms with van der Waals surface area (Å²) < 4.78 is 6.34. The van der Waals surface area contributed by atoms with Crippen LogP contribution in [0.4, 0.5) is 0 Å². The molecule has 0 amide bonds. The molecule has 0 atom stereocenters. The van der Waals surface area contributed by atoms with Crippen LogP contribution in [0.3, 0.4) is 0 Å². The van der Waals surface area contributed by atoms with Crippen LogP contribution in [0.2, 0.25) is 0 Å². The van der Waals surface area contributed by atoms with E-state index in [-0.39, 0.29) is 6.17 Å². The Hall–Kier alpha value is -5.48. The van der Waals surface area contributed by atoms with Crippen molar-refractivity contribution in [3.05, 3.63) is 156 Å². The molecule has 1 aliphatic heterocycles. The van der Waals surface area contributed by atoms with Crippen LogP contribution in [-0.4, -0.2) is 11.7 Å². The van der Waals surface area contributed by atoms with Crippen LogP contribution in [0, 0.1) is 0 Å². The molecule has 41 heavy (non-hydrogen) atoms. The van der Waals surface area contributed by atoms with Gasteiger partial charge in [0.1, 0.15) is 22.8 Å². The molecule has 0 spiro atoms. The van der Waals surface area contributed by atoms with Crippen molar-refractivity contribution in [2.45, 2.75) is 6.17 Å². The van der Waals surface area contributed by atoms with E-state index in [9.17, 15) is 0 Å². The lowest BCUT2D eigenvalue weighted by Crippen LogP contribution is -2.35. The topological polar surface area (TPSA) is 49.9 Å². The van der Waals surface area contributed by atoms with Gasteiger partial charge in [0, 0.05) is 21.9 Å². The summed E-state index contributed by atoms with van der Waals surface area (Å²) in [5.74, 6) is 1.62. The number of fused-ring (bicyclic) bond motifs is 5. The molecule has 7 aromatic rings. The van der Waals surface area contributed by atoms with Crippen molar-refractivity contribution in [2.75, 3.05) is 0 Å². The summed E-state index contributed by atoms with van der Waals surface area (Å²) in [7, 11) is 0. The number of aliphatic imine (C=N–C) groups is 2. The van der Waals surface area contributed by atoms with Gasteiger partial charge < -0.3 is 9.73 Å². The van der Waals surface area contributed by atoms with Gasteiger partial charge in [-0.25, -0.2) is 9.98 Å². The molecule has 0 saturated heterocycles. The standard InChI is InChI=1S/C37H25N3O/c1-3-12-25(13-4-1)35-38-36(26-14-5-2-6-15-26)40-37(39-35)28-17-9-16-27(23-28)30-19-10-20-31-34(30)33-29-18-8-7-11-24(29)21-22-32(33)41-31/h1-23,37H,(H,38,39,40). The number of furan rings is 1. The highest BCUT2D eigenvalue weighted by molar-refractivity contribution is 6.22. The Kier molecular flexibility index (Phi) is 5.49. The van der Waals surface area contributed by atoms with Crippen molar-refractivity contribution >= 4 is 44.4 Å².